The molecule has 6 heteroatoms. The predicted molar refractivity (Wildman–Crippen MR) is 210 cm³/mol. The van der Waals surface area contributed by atoms with Crippen LogP contribution in [0.5, 0.6) is 0 Å². The maximum absolute atomic E-state index is 12.5. The Morgan fingerprint density at radius 3 is 1.24 bits per heavy atom. The number of hydrogen-bond donors (Lipinski definition) is 5. The van der Waals surface area contributed by atoms with Gasteiger partial charge >= 0.3 is 0 Å². The molecule has 0 rings (SSSR count). The topological polar surface area (TPSA) is 110 Å². The summed E-state index contributed by atoms with van der Waals surface area (Å²) in [5.74, 6) is -0.599. The first kappa shape index (κ1) is 47.8. The summed E-state index contributed by atoms with van der Waals surface area (Å²) in [6.07, 6.45) is 42.0. The Kier molecular flexibility index (Phi) is 37.1. The molecule has 49 heavy (non-hydrogen) atoms. The van der Waals surface area contributed by atoms with E-state index in [1.54, 1.807) is 0 Å². The van der Waals surface area contributed by atoms with Crippen molar-refractivity contribution in [2.24, 2.45) is 0 Å². The number of carbonyl (C=O) groups is 1. The summed E-state index contributed by atoms with van der Waals surface area (Å²) in [5.41, 5.74) is 0. The summed E-state index contributed by atoms with van der Waals surface area (Å²) in [6.45, 7) is 4.02. The lowest BCUT2D eigenvalue weighted by molar-refractivity contribution is -0.132. The minimum atomic E-state index is -1.28. The van der Waals surface area contributed by atoms with Crippen LogP contribution in [0, 0.1) is 0 Å². The van der Waals surface area contributed by atoms with Gasteiger partial charge in [-0.1, -0.05) is 173 Å². The Labute approximate surface area is 304 Å². The highest BCUT2D eigenvalue weighted by Crippen LogP contribution is 2.15. The summed E-state index contributed by atoms with van der Waals surface area (Å²) in [4.78, 5) is 12.5. The molecule has 0 aromatic carbocycles. The molecule has 0 heterocycles. The van der Waals surface area contributed by atoms with Gasteiger partial charge in [0.1, 0.15) is 12.2 Å². The number of aliphatic hydroxyl groups is 4. The molecule has 0 bridgehead atoms. The summed E-state index contributed by atoms with van der Waals surface area (Å²) >= 11 is 0. The van der Waals surface area contributed by atoms with E-state index < -0.39 is 36.9 Å². The summed E-state index contributed by atoms with van der Waals surface area (Å²) in [6, 6.07) is -1.00. The highest BCUT2D eigenvalue weighted by Gasteiger charge is 2.28. The second-order valence-electron chi connectivity index (χ2n) is 14.7. The van der Waals surface area contributed by atoms with Gasteiger partial charge in [0.15, 0.2) is 0 Å². The maximum Gasteiger partial charge on any atom is 0.249 e. The Morgan fingerprint density at radius 1 is 0.490 bits per heavy atom. The number of unbranched alkanes of at least 4 members (excludes halogenated alkanes) is 25. The van der Waals surface area contributed by atoms with Crippen molar-refractivity contribution in [3.63, 3.8) is 0 Å². The molecule has 5 N–H and O–H groups in total. The monoisotopic (exact) mass is 694 g/mol. The lowest BCUT2D eigenvalue weighted by Gasteiger charge is -2.27. The van der Waals surface area contributed by atoms with E-state index in [2.05, 4.69) is 43.5 Å². The quantitative estimate of drug-likeness (QED) is 0.0327. The molecular formula is C43H83NO5. The van der Waals surface area contributed by atoms with Crippen LogP contribution < -0.4 is 5.32 Å². The SMILES string of the molecule is CCCCCC/C=C\CCCCCCCCC(O)C(=O)NC(CO)C(O)C(O)CCC/C=C/CCCCCCCCCCCCCCCC. The lowest BCUT2D eigenvalue weighted by Crippen LogP contribution is -2.53. The van der Waals surface area contributed by atoms with Crippen molar-refractivity contribution in [2.45, 2.75) is 237 Å². The molecule has 0 aromatic rings. The van der Waals surface area contributed by atoms with Crippen molar-refractivity contribution in [1.29, 1.82) is 0 Å². The molecule has 6 nitrogen and oxygen atoms in total. The molecule has 0 aliphatic heterocycles. The normalized spacial score (nSPS) is 14.5. The molecule has 0 saturated heterocycles. The lowest BCUT2D eigenvalue weighted by atomic mass is 10.00. The van der Waals surface area contributed by atoms with E-state index >= 15 is 0 Å². The smallest absolute Gasteiger partial charge is 0.249 e. The summed E-state index contributed by atoms with van der Waals surface area (Å²) in [7, 11) is 0. The first-order valence-corrected chi connectivity index (χ1v) is 21.2. The number of nitrogens with one attached hydrogen (secondary N) is 1. The fourth-order valence-corrected chi connectivity index (χ4v) is 6.46. The van der Waals surface area contributed by atoms with Crippen LogP contribution in [0.1, 0.15) is 213 Å². The molecule has 4 unspecified atom stereocenters. The van der Waals surface area contributed by atoms with E-state index in [1.807, 2.05) is 0 Å². The van der Waals surface area contributed by atoms with Crippen LogP contribution in [0.2, 0.25) is 0 Å². The van der Waals surface area contributed by atoms with Gasteiger partial charge in [-0.15, -0.1) is 0 Å². The molecule has 4 atom stereocenters. The van der Waals surface area contributed by atoms with Crippen LogP contribution in [-0.2, 0) is 4.79 Å². The number of carbonyl (C=O) groups excluding carboxylic acids is 1. The molecule has 0 aliphatic rings. The number of allylic oxidation sites excluding steroid dienone is 4. The van der Waals surface area contributed by atoms with Crippen molar-refractivity contribution in [3.8, 4) is 0 Å². The Morgan fingerprint density at radius 2 is 0.837 bits per heavy atom. The average molecular weight is 694 g/mol. The molecule has 0 aliphatic carbocycles. The Balaban J connectivity index is 3.79. The Hall–Kier alpha value is -1.21. The van der Waals surface area contributed by atoms with Crippen LogP contribution in [0.15, 0.2) is 24.3 Å². The van der Waals surface area contributed by atoms with Gasteiger partial charge in [-0.25, -0.2) is 0 Å². The van der Waals surface area contributed by atoms with Crippen molar-refractivity contribution in [1.82, 2.24) is 5.32 Å². The van der Waals surface area contributed by atoms with Crippen molar-refractivity contribution in [3.05, 3.63) is 24.3 Å². The van der Waals surface area contributed by atoms with E-state index in [0.29, 0.717) is 12.8 Å². The number of amides is 1. The molecular weight excluding hydrogens is 610 g/mol. The molecule has 0 fully saturated rings. The molecule has 1 amide bonds. The zero-order valence-electron chi connectivity index (χ0n) is 32.4. The zero-order chi connectivity index (χ0) is 36.0. The van der Waals surface area contributed by atoms with Gasteiger partial charge in [-0.2, -0.15) is 0 Å². The van der Waals surface area contributed by atoms with Gasteiger partial charge in [-0.05, 0) is 64.2 Å². The third kappa shape index (κ3) is 32.4. The number of rotatable bonds is 38. The highest BCUT2D eigenvalue weighted by atomic mass is 16.3. The second-order valence-corrected chi connectivity index (χ2v) is 14.7. The third-order valence-electron chi connectivity index (χ3n) is 9.88. The fourth-order valence-electron chi connectivity index (χ4n) is 6.46. The standard InChI is InChI=1S/C43H83NO5/c1-3-5-7-9-11-13-15-17-19-20-21-22-23-25-26-28-30-32-34-36-40(46)42(48)39(38-45)44-43(49)41(47)37-35-33-31-29-27-24-18-16-14-12-10-8-6-4-2/h14,16,28,30,39-42,45-48H,3-13,15,17-27,29,31-38H2,1-2H3,(H,44,49)/b16-14-,30-28+. The number of hydrogen-bond acceptors (Lipinski definition) is 5. The van der Waals surface area contributed by atoms with E-state index in [0.717, 1.165) is 44.9 Å². The average Bonchev–Trinajstić information content (AvgIpc) is 3.11. The minimum absolute atomic E-state index is 0.356. The third-order valence-corrected chi connectivity index (χ3v) is 9.88. The summed E-state index contributed by atoms with van der Waals surface area (Å²) < 4.78 is 0. The van der Waals surface area contributed by atoms with Crippen LogP contribution in [-0.4, -0.2) is 57.3 Å². The fraction of sp³-hybridized carbons (Fsp3) is 0.884. The highest BCUT2D eigenvalue weighted by molar-refractivity contribution is 5.80. The van der Waals surface area contributed by atoms with Crippen LogP contribution in [0.25, 0.3) is 0 Å². The van der Waals surface area contributed by atoms with Crippen molar-refractivity contribution >= 4 is 5.91 Å². The van der Waals surface area contributed by atoms with Gasteiger partial charge in [-0.3, -0.25) is 4.79 Å². The van der Waals surface area contributed by atoms with E-state index in [1.165, 1.54) is 141 Å². The van der Waals surface area contributed by atoms with E-state index in [-0.39, 0.29) is 0 Å². The van der Waals surface area contributed by atoms with Crippen molar-refractivity contribution in [2.75, 3.05) is 6.61 Å². The molecule has 290 valence electrons. The van der Waals surface area contributed by atoms with Crippen molar-refractivity contribution < 1.29 is 25.2 Å². The van der Waals surface area contributed by atoms with Gasteiger partial charge in [0, 0.05) is 0 Å². The predicted octanol–water partition coefficient (Wildman–Crippen LogP) is 10.8. The van der Waals surface area contributed by atoms with Gasteiger partial charge in [0.05, 0.1) is 18.8 Å². The van der Waals surface area contributed by atoms with Gasteiger partial charge in [0.25, 0.3) is 0 Å². The summed E-state index contributed by atoms with van der Waals surface area (Å²) in [5, 5.41) is 43.6. The van der Waals surface area contributed by atoms with Gasteiger partial charge < -0.3 is 25.7 Å². The second kappa shape index (κ2) is 38.0. The largest absolute Gasteiger partial charge is 0.394 e. The van der Waals surface area contributed by atoms with Crippen LogP contribution in [0.4, 0.5) is 0 Å². The molecule has 0 spiro atoms. The zero-order valence-corrected chi connectivity index (χ0v) is 32.4. The van der Waals surface area contributed by atoms with Crippen LogP contribution in [0.3, 0.4) is 0 Å². The first-order chi connectivity index (χ1) is 24.0. The van der Waals surface area contributed by atoms with Crippen LogP contribution >= 0.6 is 0 Å². The van der Waals surface area contributed by atoms with E-state index in [4.69, 9.17) is 0 Å². The molecule has 0 saturated carbocycles. The minimum Gasteiger partial charge on any atom is -0.394 e. The molecule has 0 aromatic heterocycles. The molecule has 0 radical (unpaired) electrons. The maximum atomic E-state index is 12.5. The van der Waals surface area contributed by atoms with E-state index in [9.17, 15) is 25.2 Å². The number of aliphatic hydroxyl groups excluding tert-OH is 4. The first-order valence-electron chi connectivity index (χ1n) is 21.2. The Bertz CT molecular complexity index is 742. The van der Waals surface area contributed by atoms with Gasteiger partial charge in [0.2, 0.25) is 5.91 Å².